The first-order valence-electron chi connectivity index (χ1n) is 6.27. The number of hydrogen-bond acceptors (Lipinski definition) is 3. The first kappa shape index (κ1) is 10.3. The maximum Gasteiger partial charge on any atom is 0.110 e. The van der Waals surface area contributed by atoms with Gasteiger partial charge in [0.25, 0.3) is 0 Å². The van der Waals surface area contributed by atoms with E-state index in [1.54, 1.807) is 0 Å². The van der Waals surface area contributed by atoms with Gasteiger partial charge in [0, 0.05) is 36.9 Å². The molecule has 2 unspecified atom stereocenters. The van der Waals surface area contributed by atoms with E-state index in [0.717, 1.165) is 38.5 Å². The van der Waals surface area contributed by atoms with Crippen molar-refractivity contribution in [1.29, 1.82) is 0 Å². The van der Waals surface area contributed by atoms with Gasteiger partial charge in [-0.05, 0) is 25.8 Å². The fourth-order valence-electron chi connectivity index (χ4n) is 2.63. The average Bonchev–Trinajstić information content (AvgIpc) is 3.01. The van der Waals surface area contributed by atoms with Gasteiger partial charge in [-0.2, -0.15) is 0 Å². The third-order valence-corrected chi connectivity index (χ3v) is 3.67. The molecule has 0 radical (unpaired) electrons. The molecule has 2 aliphatic heterocycles. The lowest BCUT2D eigenvalue weighted by Crippen LogP contribution is -2.28. The van der Waals surface area contributed by atoms with Crippen LogP contribution in [0.2, 0.25) is 0 Å². The van der Waals surface area contributed by atoms with Crippen LogP contribution in [0.25, 0.3) is 0 Å². The number of imidazole rings is 1. The molecule has 1 aromatic heterocycles. The van der Waals surface area contributed by atoms with Crippen molar-refractivity contribution >= 4 is 0 Å². The molecule has 2 N–H and O–H groups in total. The molecule has 4 nitrogen and oxygen atoms in total. The fraction of sp³-hybridized carbons (Fsp3) is 0.750. The molecule has 4 heteroatoms. The maximum absolute atomic E-state index is 5.41. The summed E-state index contributed by atoms with van der Waals surface area (Å²) in [5.41, 5.74) is 1.26. The molecule has 16 heavy (non-hydrogen) atoms. The van der Waals surface area contributed by atoms with E-state index in [0.29, 0.717) is 11.8 Å². The summed E-state index contributed by atoms with van der Waals surface area (Å²) >= 11 is 0. The zero-order valence-electron chi connectivity index (χ0n) is 9.54. The molecule has 2 atom stereocenters. The first-order valence-corrected chi connectivity index (χ1v) is 6.27. The van der Waals surface area contributed by atoms with E-state index in [9.17, 15) is 0 Å². The van der Waals surface area contributed by atoms with Crippen LogP contribution in [-0.4, -0.2) is 36.3 Å². The number of ether oxygens (including phenoxy) is 1. The number of nitrogens with zero attached hydrogens (tertiary/aromatic N) is 1. The smallest absolute Gasteiger partial charge is 0.110 e. The summed E-state index contributed by atoms with van der Waals surface area (Å²) in [5.74, 6) is 2.27. The van der Waals surface area contributed by atoms with Crippen LogP contribution < -0.4 is 5.32 Å². The van der Waals surface area contributed by atoms with Crippen LogP contribution >= 0.6 is 0 Å². The molecule has 0 saturated carbocycles. The lowest BCUT2D eigenvalue weighted by atomic mass is 9.99. The minimum absolute atomic E-state index is 0.540. The van der Waals surface area contributed by atoms with Crippen LogP contribution in [0.1, 0.15) is 42.6 Å². The van der Waals surface area contributed by atoms with Gasteiger partial charge in [-0.1, -0.05) is 0 Å². The summed E-state index contributed by atoms with van der Waals surface area (Å²) in [6.45, 7) is 3.96. The lowest BCUT2D eigenvalue weighted by Gasteiger charge is -2.20. The van der Waals surface area contributed by atoms with Gasteiger partial charge in [-0.15, -0.1) is 0 Å². The van der Waals surface area contributed by atoms with Gasteiger partial charge in [0.2, 0.25) is 0 Å². The predicted octanol–water partition coefficient (Wildman–Crippen LogP) is 1.38. The molecular formula is C12H19N3O. The summed E-state index contributed by atoms with van der Waals surface area (Å²) in [6.07, 6.45) is 5.64. The Hall–Kier alpha value is -0.870. The molecule has 1 aromatic rings. The second kappa shape index (κ2) is 4.55. The molecule has 0 aromatic carbocycles. The Labute approximate surface area is 95.8 Å². The minimum atomic E-state index is 0.540. The zero-order valence-corrected chi connectivity index (χ0v) is 9.54. The van der Waals surface area contributed by atoms with Crippen LogP contribution in [0.15, 0.2) is 6.20 Å². The van der Waals surface area contributed by atoms with Crippen LogP contribution in [0, 0.1) is 0 Å². The van der Waals surface area contributed by atoms with E-state index in [-0.39, 0.29) is 0 Å². The van der Waals surface area contributed by atoms with E-state index in [2.05, 4.69) is 15.3 Å². The van der Waals surface area contributed by atoms with Gasteiger partial charge in [0.15, 0.2) is 0 Å². The molecule has 2 fully saturated rings. The van der Waals surface area contributed by atoms with E-state index in [1.165, 1.54) is 18.5 Å². The standard InChI is InChI=1S/C12H19N3O/c1-2-9(6-13-4-1)12-14-7-11(15-12)10-3-5-16-8-10/h7,9-10,13H,1-6,8H2,(H,14,15). The van der Waals surface area contributed by atoms with Crippen LogP contribution in [-0.2, 0) is 4.74 Å². The number of aromatic nitrogens is 2. The Morgan fingerprint density at radius 1 is 1.31 bits per heavy atom. The Morgan fingerprint density at radius 2 is 2.31 bits per heavy atom. The number of rotatable bonds is 2. The molecule has 0 amide bonds. The lowest BCUT2D eigenvalue weighted by molar-refractivity contribution is 0.193. The molecule has 0 spiro atoms. The number of aromatic amines is 1. The topological polar surface area (TPSA) is 49.9 Å². The largest absolute Gasteiger partial charge is 0.381 e. The van der Waals surface area contributed by atoms with Crippen molar-refractivity contribution in [2.24, 2.45) is 0 Å². The fourth-order valence-corrected chi connectivity index (χ4v) is 2.63. The predicted molar refractivity (Wildman–Crippen MR) is 61.6 cm³/mol. The van der Waals surface area contributed by atoms with Crippen LogP contribution in [0.3, 0.4) is 0 Å². The average molecular weight is 221 g/mol. The quantitative estimate of drug-likeness (QED) is 0.793. The molecule has 0 bridgehead atoms. The molecule has 0 aliphatic carbocycles. The third-order valence-electron chi connectivity index (χ3n) is 3.67. The van der Waals surface area contributed by atoms with Crippen molar-refractivity contribution in [3.8, 4) is 0 Å². The molecule has 88 valence electrons. The van der Waals surface area contributed by atoms with Crippen molar-refractivity contribution < 1.29 is 4.74 Å². The summed E-state index contributed by atoms with van der Waals surface area (Å²) in [4.78, 5) is 8.03. The van der Waals surface area contributed by atoms with Crippen molar-refractivity contribution in [2.45, 2.75) is 31.1 Å². The zero-order chi connectivity index (χ0) is 10.8. The molecular weight excluding hydrogens is 202 g/mol. The number of H-pyrrole nitrogens is 1. The molecule has 2 saturated heterocycles. The van der Waals surface area contributed by atoms with Crippen molar-refractivity contribution in [2.75, 3.05) is 26.3 Å². The highest BCUT2D eigenvalue weighted by Gasteiger charge is 2.22. The second-order valence-corrected chi connectivity index (χ2v) is 4.83. The normalized spacial score (nSPS) is 30.8. The first-order chi connectivity index (χ1) is 7.93. The van der Waals surface area contributed by atoms with Crippen molar-refractivity contribution in [3.63, 3.8) is 0 Å². The molecule has 3 rings (SSSR count). The van der Waals surface area contributed by atoms with Crippen molar-refractivity contribution in [3.05, 3.63) is 17.7 Å². The highest BCUT2D eigenvalue weighted by molar-refractivity contribution is 5.12. The Morgan fingerprint density at radius 3 is 3.06 bits per heavy atom. The third kappa shape index (κ3) is 1.99. The van der Waals surface area contributed by atoms with E-state index < -0.39 is 0 Å². The van der Waals surface area contributed by atoms with E-state index in [1.807, 2.05) is 6.20 Å². The van der Waals surface area contributed by atoms with Gasteiger partial charge >= 0.3 is 0 Å². The SMILES string of the molecule is c1nc(C2CCCNC2)[nH]c1C1CCOC1. The van der Waals surface area contributed by atoms with E-state index >= 15 is 0 Å². The Balaban J connectivity index is 1.71. The van der Waals surface area contributed by atoms with E-state index in [4.69, 9.17) is 4.74 Å². The maximum atomic E-state index is 5.41. The summed E-state index contributed by atoms with van der Waals surface area (Å²) in [5, 5.41) is 3.43. The van der Waals surface area contributed by atoms with Gasteiger partial charge in [-0.3, -0.25) is 0 Å². The Bertz CT molecular complexity index is 338. The Kier molecular flexibility index (Phi) is 2.93. The van der Waals surface area contributed by atoms with Crippen LogP contribution in [0.5, 0.6) is 0 Å². The van der Waals surface area contributed by atoms with Gasteiger partial charge in [0.05, 0.1) is 6.61 Å². The molecule has 3 heterocycles. The van der Waals surface area contributed by atoms with Gasteiger partial charge in [0.1, 0.15) is 5.82 Å². The van der Waals surface area contributed by atoms with Gasteiger partial charge < -0.3 is 15.0 Å². The van der Waals surface area contributed by atoms with Gasteiger partial charge in [-0.25, -0.2) is 4.98 Å². The highest BCUT2D eigenvalue weighted by atomic mass is 16.5. The number of hydrogen-bond donors (Lipinski definition) is 2. The molecule has 2 aliphatic rings. The second-order valence-electron chi connectivity index (χ2n) is 4.83. The summed E-state index contributed by atoms with van der Waals surface area (Å²) < 4.78 is 5.41. The van der Waals surface area contributed by atoms with Crippen molar-refractivity contribution in [1.82, 2.24) is 15.3 Å². The highest BCUT2D eigenvalue weighted by Crippen LogP contribution is 2.26. The van der Waals surface area contributed by atoms with Crippen LogP contribution in [0.4, 0.5) is 0 Å². The summed E-state index contributed by atoms with van der Waals surface area (Å²) in [6, 6.07) is 0. The number of piperidine rings is 1. The monoisotopic (exact) mass is 221 g/mol. The summed E-state index contributed by atoms with van der Waals surface area (Å²) in [7, 11) is 0. The number of nitrogens with one attached hydrogen (secondary N) is 2. The minimum Gasteiger partial charge on any atom is -0.381 e.